The largest absolute Gasteiger partial charge is 0.272 e. The van der Waals surface area contributed by atoms with Gasteiger partial charge < -0.3 is 0 Å². The van der Waals surface area contributed by atoms with E-state index in [1.165, 1.54) is 47.6 Å². The normalized spacial score (nSPS) is 10.5. The van der Waals surface area contributed by atoms with Crippen LogP contribution in [0.25, 0.3) is 10.2 Å². The molecule has 26 heavy (non-hydrogen) atoms. The maximum atomic E-state index is 12.0. The third-order valence-electron chi connectivity index (χ3n) is 3.19. The number of hydrazine groups is 1. The monoisotopic (exact) mass is 389 g/mol. The standard InChI is InChI=1S/C15H11N5O4S2/c21-12(7-26-15-13-11(4-5-25-13)16-8-17-15)18-19-14(22)9-2-1-3-10(6-9)20(23)24/h1-6,8H,7H2,(H,18,21)(H,19,22). The van der Waals surface area contributed by atoms with Gasteiger partial charge in [-0.05, 0) is 17.5 Å². The second-order valence-corrected chi connectivity index (χ2v) is 6.79. The molecule has 2 amide bonds. The lowest BCUT2D eigenvalue weighted by molar-refractivity contribution is -0.384. The number of benzene rings is 1. The van der Waals surface area contributed by atoms with Crippen LogP contribution < -0.4 is 10.9 Å². The minimum atomic E-state index is -0.644. The number of fused-ring (bicyclic) bond motifs is 1. The number of carbonyl (C=O) groups is 2. The Balaban J connectivity index is 1.54. The van der Waals surface area contributed by atoms with E-state index in [1.54, 1.807) is 0 Å². The van der Waals surface area contributed by atoms with Crippen LogP contribution in [-0.4, -0.2) is 32.5 Å². The Kier molecular flexibility index (Phi) is 5.39. The molecular weight excluding hydrogens is 378 g/mol. The van der Waals surface area contributed by atoms with Gasteiger partial charge in [0, 0.05) is 17.7 Å². The zero-order valence-corrected chi connectivity index (χ0v) is 14.7. The molecule has 0 unspecified atom stereocenters. The first-order valence-electron chi connectivity index (χ1n) is 7.19. The fraction of sp³-hybridized carbons (Fsp3) is 0.0667. The summed E-state index contributed by atoms with van der Waals surface area (Å²) < 4.78 is 0.894. The number of nitrogens with zero attached hydrogens (tertiary/aromatic N) is 3. The molecule has 132 valence electrons. The van der Waals surface area contributed by atoms with Gasteiger partial charge in [0.15, 0.2) is 0 Å². The van der Waals surface area contributed by atoms with Crippen molar-refractivity contribution in [3.05, 3.63) is 57.7 Å². The molecule has 0 bridgehead atoms. The van der Waals surface area contributed by atoms with Crippen LogP contribution in [0.15, 0.2) is 47.1 Å². The van der Waals surface area contributed by atoms with E-state index >= 15 is 0 Å². The first-order chi connectivity index (χ1) is 12.5. The Morgan fingerprint density at radius 1 is 1.23 bits per heavy atom. The van der Waals surface area contributed by atoms with E-state index in [4.69, 9.17) is 0 Å². The summed E-state index contributed by atoms with van der Waals surface area (Å²) in [5, 5.41) is 13.3. The smallest absolute Gasteiger partial charge is 0.270 e. The van der Waals surface area contributed by atoms with Crippen molar-refractivity contribution in [3.8, 4) is 0 Å². The predicted molar refractivity (Wildman–Crippen MR) is 96.8 cm³/mol. The summed E-state index contributed by atoms with van der Waals surface area (Å²) in [7, 11) is 0. The average molecular weight is 389 g/mol. The summed E-state index contributed by atoms with van der Waals surface area (Å²) >= 11 is 2.71. The highest BCUT2D eigenvalue weighted by atomic mass is 32.2. The van der Waals surface area contributed by atoms with Crippen molar-refractivity contribution in [2.45, 2.75) is 5.03 Å². The molecule has 0 spiro atoms. The molecule has 0 aliphatic heterocycles. The molecule has 0 aliphatic rings. The summed E-state index contributed by atoms with van der Waals surface area (Å²) in [6.45, 7) is 0. The highest BCUT2D eigenvalue weighted by Crippen LogP contribution is 2.28. The number of amides is 2. The van der Waals surface area contributed by atoms with E-state index in [0.717, 1.165) is 16.3 Å². The second kappa shape index (κ2) is 7.89. The molecule has 0 atom stereocenters. The Labute approximate surface area is 155 Å². The van der Waals surface area contributed by atoms with Crippen LogP contribution in [0.4, 0.5) is 5.69 Å². The number of thiophene rings is 1. The number of nitro groups is 1. The van der Waals surface area contributed by atoms with Gasteiger partial charge in [0.2, 0.25) is 5.91 Å². The summed E-state index contributed by atoms with van der Waals surface area (Å²) in [5.41, 5.74) is 5.18. The van der Waals surface area contributed by atoms with Gasteiger partial charge in [-0.2, -0.15) is 0 Å². The minimum Gasteiger partial charge on any atom is -0.272 e. The highest BCUT2D eigenvalue weighted by Gasteiger charge is 2.13. The van der Waals surface area contributed by atoms with E-state index in [0.29, 0.717) is 5.03 Å². The first-order valence-corrected chi connectivity index (χ1v) is 9.06. The lowest BCUT2D eigenvalue weighted by Crippen LogP contribution is -2.42. The molecule has 3 rings (SSSR count). The van der Waals surface area contributed by atoms with Crippen LogP contribution in [0.1, 0.15) is 10.4 Å². The molecule has 1 aromatic carbocycles. The van der Waals surface area contributed by atoms with Gasteiger partial charge in [-0.25, -0.2) is 9.97 Å². The molecule has 11 heteroatoms. The van der Waals surface area contributed by atoms with Crippen molar-refractivity contribution < 1.29 is 14.5 Å². The molecule has 0 saturated heterocycles. The highest BCUT2D eigenvalue weighted by molar-refractivity contribution is 8.00. The number of carbonyl (C=O) groups excluding carboxylic acids is 2. The lowest BCUT2D eigenvalue weighted by atomic mass is 10.2. The molecule has 0 radical (unpaired) electrons. The Morgan fingerprint density at radius 2 is 2.08 bits per heavy atom. The van der Waals surface area contributed by atoms with Crippen LogP contribution in [0.2, 0.25) is 0 Å². The van der Waals surface area contributed by atoms with E-state index in [1.807, 2.05) is 11.4 Å². The lowest BCUT2D eigenvalue weighted by Gasteiger charge is -2.07. The fourth-order valence-corrected chi connectivity index (χ4v) is 3.74. The summed E-state index contributed by atoms with van der Waals surface area (Å²) in [6.07, 6.45) is 1.43. The zero-order chi connectivity index (χ0) is 18.5. The van der Waals surface area contributed by atoms with E-state index in [9.17, 15) is 19.7 Å². The molecule has 0 fully saturated rings. The van der Waals surface area contributed by atoms with Gasteiger partial charge in [-0.1, -0.05) is 17.8 Å². The van der Waals surface area contributed by atoms with Crippen LogP contribution in [0.3, 0.4) is 0 Å². The maximum Gasteiger partial charge on any atom is 0.270 e. The van der Waals surface area contributed by atoms with Crippen molar-refractivity contribution in [2.75, 3.05) is 5.75 Å². The number of nitrogens with one attached hydrogen (secondary N) is 2. The van der Waals surface area contributed by atoms with E-state index < -0.39 is 16.7 Å². The number of hydrogen-bond donors (Lipinski definition) is 2. The molecule has 3 aromatic rings. The number of nitro benzene ring substituents is 1. The van der Waals surface area contributed by atoms with Gasteiger partial charge >= 0.3 is 0 Å². The third kappa shape index (κ3) is 4.13. The van der Waals surface area contributed by atoms with Crippen molar-refractivity contribution in [1.82, 2.24) is 20.8 Å². The summed E-state index contributed by atoms with van der Waals surface area (Å²) in [5.74, 6) is -1.04. The minimum absolute atomic E-state index is 0.0409. The molecule has 2 N–H and O–H groups in total. The molecule has 0 aliphatic carbocycles. The van der Waals surface area contributed by atoms with Crippen molar-refractivity contribution >= 4 is 50.8 Å². The van der Waals surface area contributed by atoms with Crippen molar-refractivity contribution in [2.24, 2.45) is 0 Å². The van der Waals surface area contributed by atoms with Gasteiger partial charge in [-0.15, -0.1) is 11.3 Å². The van der Waals surface area contributed by atoms with Crippen LogP contribution in [-0.2, 0) is 4.79 Å². The topological polar surface area (TPSA) is 127 Å². The quantitative estimate of drug-likeness (QED) is 0.296. The molecule has 2 aromatic heterocycles. The van der Waals surface area contributed by atoms with Gasteiger partial charge in [-0.3, -0.25) is 30.6 Å². The molecule has 0 saturated carbocycles. The van der Waals surface area contributed by atoms with Crippen LogP contribution in [0, 0.1) is 10.1 Å². The van der Waals surface area contributed by atoms with Gasteiger partial charge in [0.1, 0.15) is 11.4 Å². The number of thioether (sulfide) groups is 1. The predicted octanol–water partition coefficient (Wildman–Crippen LogP) is 2.15. The van der Waals surface area contributed by atoms with Gasteiger partial charge in [0.05, 0.1) is 20.9 Å². The van der Waals surface area contributed by atoms with E-state index in [-0.39, 0.29) is 17.0 Å². The third-order valence-corrected chi connectivity index (χ3v) is 5.21. The Morgan fingerprint density at radius 3 is 2.88 bits per heavy atom. The molecular formula is C15H11N5O4S2. The Bertz CT molecular complexity index is 991. The second-order valence-electron chi connectivity index (χ2n) is 4.91. The summed E-state index contributed by atoms with van der Waals surface area (Å²) in [6, 6.07) is 7.08. The van der Waals surface area contributed by atoms with Crippen molar-refractivity contribution in [3.63, 3.8) is 0 Å². The van der Waals surface area contributed by atoms with Crippen LogP contribution >= 0.6 is 23.1 Å². The fourth-order valence-electron chi connectivity index (χ4n) is 2.00. The number of rotatable bonds is 5. The summed E-state index contributed by atoms with van der Waals surface area (Å²) in [4.78, 5) is 42.3. The average Bonchev–Trinajstić information content (AvgIpc) is 3.13. The molecule has 9 nitrogen and oxygen atoms in total. The van der Waals surface area contributed by atoms with Gasteiger partial charge in [0.25, 0.3) is 11.6 Å². The number of hydrogen-bond acceptors (Lipinski definition) is 8. The number of non-ortho nitro benzene ring substituents is 1. The van der Waals surface area contributed by atoms with E-state index in [2.05, 4.69) is 20.8 Å². The first kappa shape index (κ1) is 17.8. The van der Waals surface area contributed by atoms with Crippen LogP contribution in [0.5, 0.6) is 0 Å². The maximum absolute atomic E-state index is 12.0. The zero-order valence-electron chi connectivity index (χ0n) is 13.0. The molecule has 2 heterocycles. The SMILES string of the molecule is O=C(CSc1ncnc2ccsc12)NNC(=O)c1cccc([N+](=O)[O-])c1. The Hall–Kier alpha value is -3.05. The number of aromatic nitrogens is 2. The van der Waals surface area contributed by atoms with Crippen molar-refractivity contribution in [1.29, 1.82) is 0 Å².